The largest absolute Gasteiger partial charge is 0.492 e. The molecule has 5 rings (SSSR count). The molecule has 4 aromatic heterocycles. The standard InChI is InChI=1S/C24H25N7O3S/c1-14-10-16(20-21(32)28-22(35-20)24(23(33)34)7-4-3-5-8-24)26-19(11-14)27-18-12-15(6-9-25-18)17-13-31(2)30-29-17/h6,9-13,32H,3-5,7-8H2,1-2H3,(H,33,34)(H,25,26,27). The third-order valence-electron chi connectivity index (χ3n) is 6.25. The maximum Gasteiger partial charge on any atom is 0.316 e. The van der Waals surface area contributed by atoms with Crippen molar-refractivity contribution in [3.63, 3.8) is 0 Å². The highest BCUT2D eigenvalue weighted by molar-refractivity contribution is 7.15. The summed E-state index contributed by atoms with van der Waals surface area (Å²) in [7, 11) is 1.81. The zero-order chi connectivity index (χ0) is 24.6. The van der Waals surface area contributed by atoms with E-state index in [0.29, 0.717) is 40.1 Å². The Kier molecular flexibility index (Phi) is 5.93. The van der Waals surface area contributed by atoms with Crippen molar-refractivity contribution in [1.82, 2.24) is 29.9 Å². The van der Waals surface area contributed by atoms with Crippen molar-refractivity contribution in [2.75, 3.05) is 5.32 Å². The lowest BCUT2D eigenvalue weighted by Crippen LogP contribution is -2.37. The van der Waals surface area contributed by atoms with Gasteiger partial charge in [-0.25, -0.2) is 15.0 Å². The molecule has 1 fully saturated rings. The monoisotopic (exact) mass is 491 g/mol. The fourth-order valence-corrected chi connectivity index (χ4v) is 5.63. The van der Waals surface area contributed by atoms with E-state index in [1.165, 1.54) is 11.3 Å². The Labute approximate surface area is 205 Å². The van der Waals surface area contributed by atoms with Crippen molar-refractivity contribution in [3.8, 4) is 27.7 Å². The highest BCUT2D eigenvalue weighted by Gasteiger charge is 2.44. The van der Waals surface area contributed by atoms with Gasteiger partial charge in [0.05, 0.1) is 11.9 Å². The van der Waals surface area contributed by atoms with Crippen LogP contribution >= 0.6 is 11.3 Å². The van der Waals surface area contributed by atoms with Crippen LogP contribution in [0.5, 0.6) is 5.88 Å². The van der Waals surface area contributed by atoms with Gasteiger partial charge in [-0.2, -0.15) is 0 Å². The molecule has 4 heterocycles. The average molecular weight is 492 g/mol. The Morgan fingerprint density at radius 3 is 2.63 bits per heavy atom. The van der Waals surface area contributed by atoms with Crippen LogP contribution in [0, 0.1) is 6.92 Å². The molecule has 0 unspecified atom stereocenters. The molecule has 0 bridgehead atoms. The molecule has 3 N–H and O–H groups in total. The molecule has 4 aromatic rings. The number of nitrogens with one attached hydrogen (secondary N) is 1. The summed E-state index contributed by atoms with van der Waals surface area (Å²) in [6, 6.07) is 7.43. The number of hydrogen-bond donors (Lipinski definition) is 3. The van der Waals surface area contributed by atoms with Gasteiger partial charge < -0.3 is 15.5 Å². The normalized spacial score (nSPS) is 15.1. The highest BCUT2D eigenvalue weighted by atomic mass is 32.1. The number of thiazole rings is 1. The predicted molar refractivity (Wildman–Crippen MR) is 132 cm³/mol. The van der Waals surface area contributed by atoms with Crippen molar-refractivity contribution < 1.29 is 15.0 Å². The number of aromatic hydroxyl groups is 1. The SMILES string of the molecule is Cc1cc(Nc2cc(-c3cn(C)nn3)ccn2)nc(-c2sc(C3(C(=O)O)CCCCC3)nc2O)c1. The lowest BCUT2D eigenvalue weighted by Gasteiger charge is -2.30. The van der Waals surface area contributed by atoms with Crippen LogP contribution in [0.25, 0.3) is 21.8 Å². The molecule has 0 aliphatic heterocycles. The van der Waals surface area contributed by atoms with Gasteiger partial charge in [-0.15, -0.1) is 16.4 Å². The lowest BCUT2D eigenvalue weighted by molar-refractivity contribution is -0.145. The third-order valence-corrected chi connectivity index (χ3v) is 7.52. The van der Waals surface area contributed by atoms with E-state index < -0.39 is 11.4 Å². The Balaban J connectivity index is 1.46. The summed E-state index contributed by atoms with van der Waals surface area (Å²) in [5.74, 6) is 0.0522. The fourth-order valence-electron chi connectivity index (χ4n) is 4.47. The Bertz CT molecular complexity index is 1390. The number of aryl methyl sites for hydroxylation is 2. The number of nitrogens with zero attached hydrogens (tertiary/aromatic N) is 6. The average Bonchev–Trinajstić information content (AvgIpc) is 3.45. The first-order chi connectivity index (χ1) is 16.8. The molecule has 10 nitrogen and oxygen atoms in total. The number of rotatable bonds is 6. The Morgan fingerprint density at radius 2 is 1.91 bits per heavy atom. The van der Waals surface area contributed by atoms with E-state index in [1.54, 1.807) is 10.9 Å². The van der Waals surface area contributed by atoms with Crippen LogP contribution in [0.4, 0.5) is 11.6 Å². The Hall–Kier alpha value is -3.86. The summed E-state index contributed by atoms with van der Waals surface area (Å²) in [5, 5.41) is 32.4. The summed E-state index contributed by atoms with van der Waals surface area (Å²) >= 11 is 1.21. The van der Waals surface area contributed by atoms with E-state index in [2.05, 4.69) is 30.6 Å². The molecule has 1 aliphatic rings. The van der Waals surface area contributed by atoms with Gasteiger partial charge in [-0.3, -0.25) is 9.48 Å². The van der Waals surface area contributed by atoms with Crippen LogP contribution in [0.15, 0.2) is 36.7 Å². The second-order valence-corrected chi connectivity index (χ2v) is 9.87. The van der Waals surface area contributed by atoms with Crippen LogP contribution in [0.3, 0.4) is 0 Å². The van der Waals surface area contributed by atoms with Gasteiger partial charge in [0.2, 0.25) is 5.88 Å². The van der Waals surface area contributed by atoms with Crippen LogP contribution < -0.4 is 5.32 Å². The van der Waals surface area contributed by atoms with Crippen molar-refractivity contribution in [2.45, 2.75) is 44.4 Å². The second kappa shape index (κ2) is 9.06. The minimum atomic E-state index is -1.05. The van der Waals surface area contributed by atoms with Gasteiger partial charge in [-0.05, 0) is 49.6 Å². The number of carbonyl (C=O) groups is 1. The number of aliphatic carboxylic acids is 1. The molecule has 0 amide bonds. The molecule has 35 heavy (non-hydrogen) atoms. The van der Waals surface area contributed by atoms with Gasteiger partial charge in [0.15, 0.2) is 0 Å². The molecule has 11 heteroatoms. The molecule has 0 radical (unpaired) electrons. The van der Waals surface area contributed by atoms with Crippen LogP contribution in [0.2, 0.25) is 0 Å². The van der Waals surface area contributed by atoms with E-state index in [0.717, 1.165) is 36.1 Å². The van der Waals surface area contributed by atoms with Crippen LogP contribution in [-0.2, 0) is 17.3 Å². The minimum absolute atomic E-state index is 0.192. The molecule has 0 atom stereocenters. The Morgan fingerprint density at radius 1 is 1.11 bits per heavy atom. The predicted octanol–water partition coefficient (Wildman–Crippen LogP) is 4.44. The summed E-state index contributed by atoms with van der Waals surface area (Å²) in [5.41, 5.74) is 1.99. The maximum absolute atomic E-state index is 12.2. The number of carboxylic acid groups (broad SMARTS) is 1. The first-order valence-corrected chi connectivity index (χ1v) is 12.2. The highest BCUT2D eigenvalue weighted by Crippen LogP contribution is 2.46. The maximum atomic E-state index is 12.2. The topological polar surface area (TPSA) is 139 Å². The van der Waals surface area contributed by atoms with E-state index >= 15 is 0 Å². The van der Waals surface area contributed by atoms with Gasteiger partial charge in [0, 0.05) is 18.8 Å². The zero-order valence-electron chi connectivity index (χ0n) is 19.4. The van der Waals surface area contributed by atoms with Crippen molar-refractivity contribution in [1.29, 1.82) is 0 Å². The molecule has 1 saturated carbocycles. The van der Waals surface area contributed by atoms with Crippen LogP contribution in [0.1, 0.15) is 42.7 Å². The number of aromatic nitrogens is 6. The van der Waals surface area contributed by atoms with Gasteiger partial charge in [-0.1, -0.05) is 24.5 Å². The number of pyridine rings is 2. The van der Waals surface area contributed by atoms with E-state index in [4.69, 9.17) is 0 Å². The number of carboxylic acids is 1. The molecular weight excluding hydrogens is 466 g/mol. The fraction of sp³-hybridized carbons (Fsp3) is 0.333. The van der Waals surface area contributed by atoms with Crippen molar-refractivity contribution in [3.05, 3.63) is 47.2 Å². The van der Waals surface area contributed by atoms with Crippen molar-refractivity contribution in [2.24, 2.45) is 7.05 Å². The second-order valence-electron chi connectivity index (χ2n) is 8.87. The van der Waals surface area contributed by atoms with E-state index in [9.17, 15) is 15.0 Å². The molecule has 1 aliphatic carbocycles. The van der Waals surface area contributed by atoms with E-state index in [-0.39, 0.29) is 5.88 Å². The summed E-state index contributed by atoms with van der Waals surface area (Å²) in [4.78, 5) is 26.0. The summed E-state index contributed by atoms with van der Waals surface area (Å²) in [6.07, 6.45) is 7.23. The van der Waals surface area contributed by atoms with Crippen LogP contribution in [-0.4, -0.2) is 46.1 Å². The third kappa shape index (κ3) is 4.46. The summed E-state index contributed by atoms with van der Waals surface area (Å²) in [6.45, 7) is 1.93. The first kappa shape index (κ1) is 22.9. The smallest absolute Gasteiger partial charge is 0.316 e. The molecule has 0 spiro atoms. The van der Waals surface area contributed by atoms with Gasteiger partial charge in [0.1, 0.15) is 32.6 Å². The minimum Gasteiger partial charge on any atom is -0.492 e. The summed E-state index contributed by atoms with van der Waals surface area (Å²) < 4.78 is 1.63. The van der Waals surface area contributed by atoms with Crippen molar-refractivity contribution >= 4 is 28.9 Å². The number of hydrogen-bond acceptors (Lipinski definition) is 9. The quantitative estimate of drug-likeness (QED) is 0.357. The number of anilines is 2. The molecule has 180 valence electrons. The van der Waals surface area contributed by atoms with Gasteiger partial charge in [0.25, 0.3) is 0 Å². The zero-order valence-corrected chi connectivity index (χ0v) is 20.2. The molecule has 0 saturated heterocycles. The molecular formula is C24H25N7O3S. The molecule has 0 aromatic carbocycles. The first-order valence-electron chi connectivity index (χ1n) is 11.4. The van der Waals surface area contributed by atoms with E-state index in [1.807, 2.05) is 44.4 Å². The lowest BCUT2D eigenvalue weighted by atomic mass is 9.74. The van der Waals surface area contributed by atoms with Gasteiger partial charge >= 0.3 is 5.97 Å².